The van der Waals surface area contributed by atoms with E-state index in [0.717, 1.165) is 5.56 Å². The Morgan fingerprint density at radius 1 is 1.00 bits per heavy atom. The van der Waals surface area contributed by atoms with Crippen molar-refractivity contribution >= 4 is 0 Å². The highest BCUT2D eigenvalue weighted by Gasteiger charge is 2.15. The molecule has 1 aromatic carbocycles. The minimum atomic E-state index is -1.21. The molecular formula is C11H16O5. The molecule has 0 spiro atoms. The predicted octanol–water partition coefficient (Wildman–Crippen LogP) is -0.151. The average Bonchev–Trinajstić information content (AvgIpc) is 2.34. The molecule has 0 saturated heterocycles. The van der Waals surface area contributed by atoms with E-state index in [1.807, 2.05) is 30.3 Å². The lowest BCUT2D eigenvalue weighted by Gasteiger charge is -2.14. The van der Waals surface area contributed by atoms with Gasteiger partial charge in [-0.1, -0.05) is 30.3 Å². The average molecular weight is 228 g/mol. The molecule has 16 heavy (non-hydrogen) atoms. The van der Waals surface area contributed by atoms with Gasteiger partial charge in [-0.05, 0) is 5.56 Å². The molecule has 3 N–H and O–H groups in total. The maximum Gasteiger partial charge on any atom is 0.111 e. The first-order chi connectivity index (χ1) is 7.74. The van der Waals surface area contributed by atoms with Gasteiger partial charge in [0.1, 0.15) is 25.4 Å². The number of aliphatic hydroxyl groups excluding tert-OH is 3. The van der Waals surface area contributed by atoms with Crippen LogP contribution in [0.1, 0.15) is 5.56 Å². The van der Waals surface area contributed by atoms with Crippen molar-refractivity contribution in [2.75, 3.05) is 13.2 Å². The molecule has 5 heteroatoms. The number of rotatable bonds is 7. The third-order valence-corrected chi connectivity index (χ3v) is 2.02. The monoisotopic (exact) mass is 228 g/mol. The zero-order valence-corrected chi connectivity index (χ0v) is 8.82. The number of aliphatic hydroxyl groups is 3. The van der Waals surface area contributed by atoms with Crippen molar-refractivity contribution in [1.29, 1.82) is 0 Å². The third kappa shape index (κ3) is 4.69. The minimum absolute atomic E-state index is 0.186. The fourth-order valence-electron chi connectivity index (χ4n) is 1.03. The summed E-state index contributed by atoms with van der Waals surface area (Å²) in [5, 5.41) is 26.7. The van der Waals surface area contributed by atoms with Crippen LogP contribution in [-0.4, -0.2) is 40.7 Å². The summed E-state index contributed by atoms with van der Waals surface area (Å²) in [4.78, 5) is 9.53. The lowest BCUT2D eigenvalue weighted by Crippen LogP contribution is -2.33. The first kappa shape index (κ1) is 13.1. The Morgan fingerprint density at radius 3 is 2.31 bits per heavy atom. The summed E-state index contributed by atoms with van der Waals surface area (Å²) >= 11 is 0. The molecule has 0 aliphatic carbocycles. The topological polar surface area (TPSA) is 79.2 Å². The van der Waals surface area contributed by atoms with Gasteiger partial charge in [-0.25, -0.2) is 9.78 Å². The fraction of sp³-hybridized carbons (Fsp3) is 0.455. The molecule has 0 radical (unpaired) electrons. The Balaban J connectivity index is 2.13. The van der Waals surface area contributed by atoms with Crippen LogP contribution >= 0.6 is 0 Å². The summed E-state index contributed by atoms with van der Waals surface area (Å²) in [6, 6.07) is 9.41. The molecule has 0 fully saturated rings. The Bertz CT molecular complexity index is 277. The third-order valence-electron chi connectivity index (χ3n) is 2.02. The van der Waals surface area contributed by atoms with Gasteiger partial charge in [-0.3, -0.25) is 0 Å². The lowest BCUT2D eigenvalue weighted by atomic mass is 10.2. The molecule has 0 aliphatic rings. The van der Waals surface area contributed by atoms with Crippen molar-refractivity contribution in [3.63, 3.8) is 0 Å². The molecular weight excluding hydrogens is 212 g/mol. The van der Waals surface area contributed by atoms with Gasteiger partial charge in [-0.2, -0.15) is 0 Å². The van der Waals surface area contributed by atoms with Crippen molar-refractivity contribution in [1.82, 2.24) is 0 Å². The number of hydrogen-bond acceptors (Lipinski definition) is 5. The first-order valence-corrected chi connectivity index (χ1v) is 4.99. The second-order valence-corrected chi connectivity index (χ2v) is 3.35. The first-order valence-electron chi connectivity index (χ1n) is 4.99. The molecule has 0 aromatic heterocycles. The van der Waals surface area contributed by atoms with Crippen LogP contribution in [0.3, 0.4) is 0 Å². The molecule has 0 unspecified atom stereocenters. The van der Waals surface area contributed by atoms with Crippen molar-refractivity contribution in [3.8, 4) is 0 Å². The highest BCUT2D eigenvalue weighted by Crippen LogP contribution is 2.01. The van der Waals surface area contributed by atoms with Gasteiger partial charge in [0.25, 0.3) is 0 Å². The second kappa shape index (κ2) is 7.32. The van der Waals surface area contributed by atoms with Crippen molar-refractivity contribution in [2.45, 2.75) is 18.8 Å². The minimum Gasteiger partial charge on any atom is -0.394 e. The zero-order valence-electron chi connectivity index (χ0n) is 8.82. The molecule has 0 saturated carbocycles. The largest absolute Gasteiger partial charge is 0.394 e. The van der Waals surface area contributed by atoms with E-state index in [0.29, 0.717) is 0 Å². The van der Waals surface area contributed by atoms with Gasteiger partial charge >= 0.3 is 0 Å². The van der Waals surface area contributed by atoms with Crippen molar-refractivity contribution in [2.24, 2.45) is 0 Å². The van der Waals surface area contributed by atoms with Crippen molar-refractivity contribution in [3.05, 3.63) is 35.9 Å². The van der Waals surface area contributed by atoms with E-state index in [2.05, 4.69) is 0 Å². The molecule has 5 nitrogen and oxygen atoms in total. The van der Waals surface area contributed by atoms with Gasteiger partial charge in [-0.15, -0.1) is 0 Å². The summed E-state index contributed by atoms with van der Waals surface area (Å²) < 4.78 is 0. The summed E-state index contributed by atoms with van der Waals surface area (Å²) in [6.07, 6.45) is -2.36. The smallest absolute Gasteiger partial charge is 0.111 e. The van der Waals surface area contributed by atoms with E-state index < -0.39 is 18.8 Å². The Morgan fingerprint density at radius 2 is 1.69 bits per heavy atom. The zero-order chi connectivity index (χ0) is 11.8. The lowest BCUT2D eigenvalue weighted by molar-refractivity contribution is -0.318. The van der Waals surface area contributed by atoms with Crippen molar-refractivity contribution < 1.29 is 25.1 Å². The highest BCUT2D eigenvalue weighted by atomic mass is 17.2. The standard InChI is InChI=1S/C11H16O5/c12-6-10(13)11(14)8-16-15-7-9-4-2-1-3-5-9/h1-5,10-14H,6-8H2/t10-,11-/m0/s1. The predicted molar refractivity (Wildman–Crippen MR) is 56.3 cm³/mol. The summed E-state index contributed by atoms with van der Waals surface area (Å²) in [5.41, 5.74) is 0.944. The van der Waals surface area contributed by atoms with Crippen LogP contribution in [0.4, 0.5) is 0 Å². The van der Waals surface area contributed by atoms with Gasteiger partial charge in [0.05, 0.1) is 6.61 Å². The van der Waals surface area contributed by atoms with Gasteiger partial charge in [0.2, 0.25) is 0 Å². The molecule has 0 aliphatic heterocycles. The molecule has 0 bridgehead atoms. The van der Waals surface area contributed by atoms with Gasteiger partial charge in [0, 0.05) is 0 Å². The normalized spacial score (nSPS) is 14.7. The van der Waals surface area contributed by atoms with Crippen LogP contribution < -0.4 is 0 Å². The molecule has 90 valence electrons. The van der Waals surface area contributed by atoms with Crippen LogP contribution in [0, 0.1) is 0 Å². The van der Waals surface area contributed by atoms with Crippen LogP contribution in [-0.2, 0) is 16.4 Å². The number of benzene rings is 1. The van der Waals surface area contributed by atoms with Crippen LogP contribution in [0.15, 0.2) is 30.3 Å². The maximum atomic E-state index is 9.20. The molecule has 1 rings (SSSR count). The SMILES string of the molecule is OC[C@H](O)[C@@H](O)COOCc1ccccc1. The molecule has 2 atom stereocenters. The van der Waals surface area contributed by atoms with E-state index in [1.165, 1.54) is 0 Å². The van der Waals surface area contributed by atoms with Crippen LogP contribution in [0.2, 0.25) is 0 Å². The Labute approximate surface area is 93.8 Å². The van der Waals surface area contributed by atoms with E-state index in [4.69, 9.17) is 20.0 Å². The van der Waals surface area contributed by atoms with E-state index in [9.17, 15) is 5.11 Å². The van der Waals surface area contributed by atoms with E-state index in [1.54, 1.807) is 0 Å². The Hall–Kier alpha value is -0.980. The molecule has 0 amide bonds. The van der Waals surface area contributed by atoms with E-state index >= 15 is 0 Å². The highest BCUT2D eigenvalue weighted by molar-refractivity contribution is 5.13. The summed E-state index contributed by atoms with van der Waals surface area (Å²) in [6.45, 7) is -0.430. The van der Waals surface area contributed by atoms with Gasteiger partial charge < -0.3 is 15.3 Å². The fourth-order valence-corrected chi connectivity index (χ4v) is 1.03. The second-order valence-electron chi connectivity index (χ2n) is 3.35. The summed E-state index contributed by atoms with van der Waals surface area (Å²) in [7, 11) is 0. The summed E-state index contributed by atoms with van der Waals surface area (Å²) in [5.74, 6) is 0. The quantitative estimate of drug-likeness (QED) is 0.343. The van der Waals surface area contributed by atoms with E-state index in [-0.39, 0.29) is 13.2 Å². The maximum absolute atomic E-state index is 9.20. The number of hydrogen-bond donors (Lipinski definition) is 3. The Kier molecular flexibility index (Phi) is 5.99. The molecule has 0 heterocycles. The van der Waals surface area contributed by atoms with Crippen LogP contribution in [0.25, 0.3) is 0 Å². The molecule has 1 aromatic rings. The van der Waals surface area contributed by atoms with Crippen LogP contribution in [0.5, 0.6) is 0 Å². The van der Waals surface area contributed by atoms with Gasteiger partial charge in [0.15, 0.2) is 0 Å².